The molecule has 0 fully saturated rings. The lowest BCUT2D eigenvalue weighted by atomic mass is 10.1. The Kier molecular flexibility index (Phi) is 9.69. The molecule has 39 heavy (non-hydrogen) atoms. The predicted octanol–water partition coefficient (Wildman–Crippen LogP) is 5.64. The number of carbonyl (C=O) groups excluding carboxylic acids is 1. The molecule has 0 saturated heterocycles. The van der Waals surface area contributed by atoms with Crippen LogP contribution in [0.25, 0.3) is 33.9 Å². The van der Waals surface area contributed by atoms with Crippen molar-refractivity contribution in [1.82, 2.24) is 29.8 Å². The molecule has 1 atom stereocenters. The molecule has 4 rings (SSSR count). The molecule has 4 heterocycles. The molecule has 0 aliphatic heterocycles. The third-order valence-electron chi connectivity index (χ3n) is 6.37. The largest absolute Gasteiger partial charge is 0.450 e. The summed E-state index contributed by atoms with van der Waals surface area (Å²) in [7, 11) is 0. The molecule has 0 aromatic carbocycles. The fourth-order valence-electron chi connectivity index (χ4n) is 4.34. The molecular weight excluding hydrogens is 492 g/mol. The maximum absolute atomic E-state index is 12.2. The minimum atomic E-state index is -0.578. The zero-order chi connectivity index (χ0) is 27.6. The van der Waals surface area contributed by atoms with Crippen molar-refractivity contribution in [3.63, 3.8) is 0 Å². The predicted molar refractivity (Wildman–Crippen MR) is 155 cm³/mol. The third-order valence-corrected chi connectivity index (χ3v) is 6.37. The van der Waals surface area contributed by atoms with Gasteiger partial charge < -0.3 is 15.0 Å². The standard InChI is InChI=1S/C29H36N8O2/c1-5-37(6-2)18-12-13-20(4)32-23-19-24(34-29(38)39-7-3)33-28-27(23)35-25(21-14-8-10-16-30-21)26(36-28)22-15-9-11-17-31-22/h8-11,14-17,19-20H,5-7,12-13,18H2,1-4H3,(H2,32,33,34,36,38). The Labute approximate surface area is 229 Å². The molecule has 0 saturated carbocycles. The van der Waals surface area contributed by atoms with E-state index < -0.39 is 6.09 Å². The number of rotatable bonds is 12. The Morgan fingerprint density at radius 2 is 1.62 bits per heavy atom. The summed E-state index contributed by atoms with van der Waals surface area (Å²) in [5, 5.41) is 6.30. The molecule has 0 aliphatic carbocycles. The number of amides is 1. The van der Waals surface area contributed by atoms with Crippen LogP contribution in [0.15, 0.2) is 54.9 Å². The maximum atomic E-state index is 12.2. The van der Waals surface area contributed by atoms with Crippen LogP contribution in [-0.4, -0.2) is 68.2 Å². The zero-order valence-corrected chi connectivity index (χ0v) is 23.0. The number of aromatic nitrogens is 5. The van der Waals surface area contributed by atoms with Gasteiger partial charge in [-0.2, -0.15) is 0 Å². The fraction of sp³-hybridized carbons (Fsp3) is 0.379. The molecule has 10 heteroatoms. The third kappa shape index (κ3) is 7.23. The smallest absolute Gasteiger partial charge is 0.412 e. The number of hydrogen-bond acceptors (Lipinski definition) is 9. The summed E-state index contributed by atoms with van der Waals surface area (Å²) in [4.78, 5) is 38.2. The van der Waals surface area contributed by atoms with E-state index in [1.165, 1.54) is 0 Å². The van der Waals surface area contributed by atoms with Crippen molar-refractivity contribution in [2.24, 2.45) is 0 Å². The Morgan fingerprint density at radius 3 is 2.21 bits per heavy atom. The van der Waals surface area contributed by atoms with Gasteiger partial charge in [-0.05, 0) is 70.6 Å². The highest BCUT2D eigenvalue weighted by Gasteiger charge is 2.20. The second kappa shape index (κ2) is 13.6. The first kappa shape index (κ1) is 27.8. The van der Waals surface area contributed by atoms with E-state index in [-0.39, 0.29) is 12.6 Å². The minimum absolute atomic E-state index is 0.150. The summed E-state index contributed by atoms with van der Waals surface area (Å²) in [5.41, 5.74) is 4.17. The Bertz CT molecular complexity index is 1360. The van der Waals surface area contributed by atoms with E-state index in [2.05, 4.69) is 51.3 Å². The molecule has 4 aromatic rings. The quantitative estimate of drug-likeness (QED) is 0.241. The number of nitrogens with zero attached hydrogens (tertiary/aromatic N) is 6. The molecule has 1 unspecified atom stereocenters. The summed E-state index contributed by atoms with van der Waals surface area (Å²) in [6.45, 7) is 11.6. The summed E-state index contributed by atoms with van der Waals surface area (Å²) in [6, 6.07) is 13.2. The maximum Gasteiger partial charge on any atom is 0.412 e. The van der Waals surface area contributed by atoms with Crippen LogP contribution in [0.1, 0.15) is 40.5 Å². The number of hydrogen-bond donors (Lipinski definition) is 2. The second-order valence-corrected chi connectivity index (χ2v) is 9.14. The van der Waals surface area contributed by atoms with E-state index in [1.807, 2.05) is 36.4 Å². The van der Waals surface area contributed by atoms with Crippen molar-refractivity contribution in [3.05, 3.63) is 54.9 Å². The minimum Gasteiger partial charge on any atom is -0.450 e. The van der Waals surface area contributed by atoms with Crippen LogP contribution in [-0.2, 0) is 4.74 Å². The molecule has 0 aliphatic rings. The summed E-state index contributed by atoms with van der Waals surface area (Å²) >= 11 is 0. The Morgan fingerprint density at radius 1 is 0.949 bits per heavy atom. The second-order valence-electron chi connectivity index (χ2n) is 9.14. The number of nitrogens with one attached hydrogen (secondary N) is 2. The monoisotopic (exact) mass is 528 g/mol. The van der Waals surface area contributed by atoms with Gasteiger partial charge in [0.05, 0.1) is 23.7 Å². The first-order chi connectivity index (χ1) is 19.0. The average Bonchev–Trinajstić information content (AvgIpc) is 2.96. The summed E-state index contributed by atoms with van der Waals surface area (Å²) < 4.78 is 5.08. The van der Waals surface area contributed by atoms with Crippen molar-refractivity contribution in [1.29, 1.82) is 0 Å². The molecule has 1 amide bonds. The van der Waals surface area contributed by atoms with Gasteiger partial charge in [-0.15, -0.1) is 0 Å². The van der Waals surface area contributed by atoms with Crippen molar-refractivity contribution >= 4 is 28.8 Å². The average molecular weight is 529 g/mol. The molecule has 0 radical (unpaired) electrons. The summed E-state index contributed by atoms with van der Waals surface area (Å²) in [6.07, 6.45) is 4.88. The lowest BCUT2D eigenvalue weighted by Gasteiger charge is -2.21. The summed E-state index contributed by atoms with van der Waals surface area (Å²) in [5.74, 6) is 0.325. The molecular formula is C29H36N8O2. The van der Waals surface area contributed by atoms with Gasteiger partial charge >= 0.3 is 6.09 Å². The molecule has 4 aromatic heterocycles. The number of anilines is 2. The van der Waals surface area contributed by atoms with E-state index >= 15 is 0 Å². The number of ether oxygens (including phenoxy) is 1. The van der Waals surface area contributed by atoms with Crippen LogP contribution in [0, 0.1) is 0 Å². The van der Waals surface area contributed by atoms with E-state index in [0.29, 0.717) is 39.8 Å². The first-order valence-corrected chi connectivity index (χ1v) is 13.5. The number of pyridine rings is 3. The lowest BCUT2D eigenvalue weighted by Crippen LogP contribution is -2.25. The van der Waals surface area contributed by atoms with Crippen LogP contribution in [0.4, 0.5) is 16.3 Å². The molecule has 204 valence electrons. The van der Waals surface area contributed by atoms with E-state index in [0.717, 1.165) is 38.2 Å². The highest BCUT2D eigenvalue weighted by atomic mass is 16.5. The van der Waals surface area contributed by atoms with Gasteiger partial charge in [-0.3, -0.25) is 15.3 Å². The Hall–Kier alpha value is -4.18. The van der Waals surface area contributed by atoms with Gasteiger partial charge in [-0.1, -0.05) is 26.0 Å². The van der Waals surface area contributed by atoms with E-state index in [1.54, 1.807) is 25.4 Å². The van der Waals surface area contributed by atoms with Crippen LogP contribution < -0.4 is 10.6 Å². The van der Waals surface area contributed by atoms with Gasteiger partial charge in [0.2, 0.25) is 0 Å². The lowest BCUT2D eigenvalue weighted by molar-refractivity contribution is 0.168. The normalized spacial score (nSPS) is 11.9. The van der Waals surface area contributed by atoms with E-state index in [9.17, 15) is 4.79 Å². The fourth-order valence-corrected chi connectivity index (χ4v) is 4.34. The van der Waals surface area contributed by atoms with Crippen LogP contribution in [0.5, 0.6) is 0 Å². The van der Waals surface area contributed by atoms with Gasteiger partial charge in [0.25, 0.3) is 0 Å². The van der Waals surface area contributed by atoms with Crippen LogP contribution >= 0.6 is 0 Å². The van der Waals surface area contributed by atoms with Crippen molar-refractivity contribution in [2.75, 3.05) is 36.9 Å². The van der Waals surface area contributed by atoms with Gasteiger partial charge in [0, 0.05) is 24.5 Å². The van der Waals surface area contributed by atoms with Crippen molar-refractivity contribution < 1.29 is 9.53 Å². The molecule has 0 spiro atoms. The molecule has 0 bridgehead atoms. The number of fused-ring (bicyclic) bond motifs is 1. The van der Waals surface area contributed by atoms with Gasteiger partial charge in [0.15, 0.2) is 5.65 Å². The van der Waals surface area contributed by atoms with Gasteiger partial charge in [0.1, 0.15) is 22.7 Å². The Balaban J connectivity index is 1.78. The highest BCUT2D eigenvalue weighted by Crippen LogP contribution is 2.32. The molecule has 10 nitrogen and oxygen atoms in total. The van der Waals surface area contributed by atoms with Gasteiger partial charge in [-0.25, -0.2) is 19.7 Å². The zero-order valence-electron chi connectivity index (χ0n) is 23.0. The first-order valence-electron chi connectivity index (χ1n) is 13.5. The topological polar surface area (TPSA) is 118 Å². The highest BCUT2D eigenvalue weighted by molar-refractivity contribution is 5.94. The molecule has 2 N–H and O–H groups in total. The van der Waals surface area contributed by atoms with Crippen molar-refractivity contribution in [2.45, 2.75) is 46.6 Å². The number of carbonyl (C=O) groups is 1. The van der Waals surface area contributed by atoms with Crippen LogP contribution in [0.3, 0.4) is 0 Å². The van der Waals surface area contributed by atoms with Crippen molar-refractivity contribution in [3.8, 4) is 22.8 Å². The SMILES string of the molecule is CCOC(=O)Nc1cc(NC(C)CCCN(CC)CC)c2nc(-c3ccccn3)c(-c3ccccn3)nc2n1. The van der Waals surface area contributed by atoms with E-state index in [4.69, 9.17) is 14.7 Å². The van der Waals surface area contributed by atoms with Crippen LogP contribution in [0.2, 0.25) is 0 Å².